The number of carbonyl (C=O) groups is 2. The minimum absolute atomic E-state index is 0.00355. The summed E-state index contributed by atoms with van der Waals surface area (Å²) in [5, 5.41) is 21.5. The van der Waals surface area contributed by atoms with E-state index < -0.39 is 26.6 Å². The average Bonchev–Trinajstić information content (AvgIpc) is 2.92. The third-order valence-electron chi connectivity index (χ3n) is 6.18. The first kappa shape index (κ1) is 25.4. The van der Waals surface area contributed by atoms with Crippen LogP contribution in [0.4, 0.5) is 11.4 Å². The highest BCUT2D eigenvalue weighted by atomic mass is 32.2. The van der Waals surface area contributed by atoms with Gasteiger partial charge in [-0.25, -0.2) is 0 Å². The molecule has 5 rings (SSSR count). The lowest BCUT2D eigenvalue weighted by Gasteiger charge is -2.23. The van der Waals surface area contributed by atoms with Crippen LogP contribution >= 0.6 is 0 Å². The van der Waals surface area contributed by atoms with Gasteiger partial charge in [-0.15, -0.1) is 0 Å². The van der Waals surface area contributed by atoms with Crippen LogP contribution in [0.3, 0.4) is 0 Å². The molecule has 0 unspecified atom stereocenters. The van der Waals surface area contributed by atoms with E-state index in [2.05, 4.69) is 5.32 Å². The topological polar surface area (TPSA) is 157 Å². The molecular weight excluding hydrogens is 518 g/mol. The molecule has 0 heterocycles. The van der Waals surface area contributed by atoms with Crippen molar-refractivity contribution in [3.05, 3.63) is 112 Å². The molecule has 0 fully saturated rings. The van der Waals surface area contributed by atoms with Gasteiger partial charge < -0.3 is 10.1 Å². The number of hydrogen-bond acceptors (Lipinski definition) is 8. The molecule has 0 saturated heterocycles. The van der Waals surface area contributed by atoms with E-state index in [1.807, 2.05) is 12.1 Å². The summed E-state index contributed by atoms with van der Waals surface area (Å²) < 4.78 is 39.8. The summed E-state index contributed by atoms with van der Waals surface area (Å²) in [7, 11) is -4.62. The molecule has 39 heavy (non-hydrogen) atoms. The molecule has 0 saturated carbocycles. The summed E-state index contributed by atoms with van der Waals surface area (Å²) in [4.78, 5) is 27.0. The lowest BCUT2D eigenvalue weighted by molar-refractivity contribution is 0.0977. The Hall–Kier alpha value is -5.29. The number of ketones is 2. The number of benzene rings is 4. The van der Waals surface area contributed by atoms with Gasteiger partial charge in [0.1, 0.15) is 28.5 Å². The molecule has 9 nitrogen and oxygen atoms in total. The molecule has 0 aliphatic heterocycles. The fourth-order valence-corrected chi connectivity index (χ4v) is 5.11. The maximum absolute atomic E-state index is 13.7. The van der Waals surface area contributed by atoms with Crippen molar-refractivity contribution in [1.82, 2.24) is 0 Å². The fraction of sp³-hybridized carbons (Fsp3) is 0.0345. The van der Waals surface area contributed by atoms with E-state index in [4.69, 9.17) is 4.74 Å². The molecule has 0 amide bonds. The molecule has 0 spiro atoms. The SMILES string of the molecule is Cc1ccc(Nc2ccc(Oc3ccc(C#N)c(C#N)c3)c3c2C(=O)c2ccccc2C3=O)c(S(=O)(=O)O)c1. The van der Waals surface area contributed by atoms with Gasteiger partial charge in [0.15, 0.2) is 11.6 Å². The van der Waals surface area contributed by atoms with Crippen LogP contribution in [-0.2, 0) is 10.1 Å². The minimum Gasteiger partial charge on any atom is -0.457 e. The first-order valence-electron chi connectivity index (χ1n) is 11.4. The summed E-state index contributed by atoms with van der Waals surface area (Å²) in [5.41, 5.74) is 1.16. The fourth-order valence-electron chi connectivity index (χ4n) is 4.38. The lowest BCUT2D eigenvalue weighted by Crippen LogP contribution is -2.23. The normalized spacial score (nSPS) is 12.1. The van der Waals surface area contributed by atoms with E-state index in [-0.39, 0.29) is 56.3 Å². The van der Waals surface area contributed by atoms with Crippen molar-refractivity contribution in [2.75, 3.05) is 5.32 Å². The molecular formula is C29H17N3O6S. The highest BCUT2D eigenvalue weighted by molar-refractivity contribution is 7.86. The monoisotopic (exact) mass is 535 g/mol. The summed E-state index contributed by atoms with van der Waals surface area (Å²) in [5.74, 6) is -0.797. The number of nitriles is 2. The van der Waals surface area contributed by atoms with Gasteiger partial charge in [-0.1, -0.05) is 30.3 Å². The molecule has 0 atom stereocenters. The third kappa shape index (κ3) is 4.51. The zero-order valence-electron chi connectivity index (χ0n) is 20.2. The van der Waals surface area contributed by atoms with Gasteiger partial charge in [-0.05, 0) is 55.0 Å². The van der Waals surface area contributed by atoms with Crippen molar-refractivity contribution in [2.45, 2.75) is 11.8 Å². The van der Waals surface area contributed by atoms with Crippen molar-refractivity contribution in [1.29, 1.82) is 10.5 Å². The third-order valence-corrected chi connectivity index (χ3v) is 7.08. The Morgan fingerprint density at radius 2 is 1.44 bits per heavy atom. The predicted octanol–water partition coefficient (Wildman–Crippen LogP) is 5.30. The van der Waals surface area contributed by atoms with Gasteiger partial charge in [-0.2, -0.15) is 18.9 Å². The van der Waals surface area contributed by atoms with Crippen LogP contribution in [-0.4, -0.2) is 24.5 Å². The van der Waals surface area contributed by atoms with Crippen LogP contribution in [0.2, 0.25) is 0 Å². The molecule has 2 N–H and O–H groups in total. The number of ether oxygens (including phenoxy) is 1. The van der Waals surface area contributed by atoms with E-state index in [1.54, 1.807) is 25.1 Å². The summed E-state index contributed by atoms with van der Waals surface area (Å²) in [6.45, 7) is 1.66. The van der Waals surface area contributed by atoms with E-state index >= 15 is 0 Å². The van der Waals surface area contributed by atoms with Crippen molar-refractivity contribution >= 4 is 33.1 Å². The van der Waals surface area contributed by atoms with Crippen LogP contribution in [0, 0.1) is 29.6 Å². The number of hydrogen-bond donors (Lipinski definition) is 2. The maximum Gasteiger partial charge on any atom is 0.296 e. The molecule has 4 aromatic carbocycles. The van der Waals surface area contributed by atoms with Gasteiger partial charge in [0.25, 0.3) is 10.1 Å². The Morgan fingerprint density at radius 3 is 2.08 bits per heavy atom. The Bertz CT molecular complexity index is 1920. The van der Waals surface area contributed by atoms with Gasteiger partial charge >= 0.3 is 0 Å². The predicted molar refractivity (Wildman–Crippen MR) is 140 cm³/mol. The molecule has 0 radical (unpaired) electrons. The van der Waals surface area contributed by atoms with E-state index in [0.29, 0.717) is 5.56 Å². The van der Waals surface area contributed by atoms with Crippen LogP contribution in [0.5, 0.6) is 11.5 Å². The van der Waals surface area contributed by atoms with E-state index in [1.165, 1.54) is 54.6 Å². The molecule has 4 aromatic rings. The zero-order chi connectivity index (χ0) is 27.9. The maximum atomic E-state index is 13.7. The zero-order valence-corrected chi connectivity index (χ0v) is 21.0. The molecule has 10 heteroatoms. The van der Waals surface area contributed by atoms with Gasteiger partial charge in [0, 0.05) is 11.1 Å². The summed E-state index contributed by atoms with van der Waals surface area (Å²) in [6.07, 6.45) is 0. The number of carbonyl (C=O) groups excluding carboxylic acids is 2. The molecule has 1 aliphatic carbocycles. The highest BCUT2D eigenvalue weighted by Gasteiger charge is 2.35. The summed E-state index contributed by atoms with van der Waals surface area (Å²) in [6, 6.07) is 21.6. The van der Waals surface area contributed by atoms with Crippen molar-refractivity contribution in [3.63, 3.8) is 0 Å². The largest absolute Gasteiger partial charge is 0.457 e. The van der Waals surface area contributed by atoms with Crippen LogP contribution in [0.25, 0.3) is 0 Å². The Labute approximate surface area is 223 Å². The van der Waals surface area contributed by atoms with Crippen LogP contribution in [0.1, 0.15) is 48.5 Å². The lowest BCUT2D eigenvalue weighted by atomic mass is 9.82. The smallest absolute Gasteiger partial charge is 0.296 e. The second-order valence-electron chi connectivity index (χ2n) is 8.70. The number of nitrogens with zero attached hydrogens (tertiary/aromatic N) is 2. The number of nitrogens with one attached hydrogen (secondary N) is 1. The Kier molecular flexibility index (Phi) is 6.21. The number of rotatable bonds is 5. The number of fused-ring (bicyclic) bond motifs is 2. The van der Waals surface area contributed by atoms with Gasteiger partial charge in [0.2, 0.25) is 0 Å². The molecule has 190 valence electrons. The molecule has 0 bridgehead atoms. The summed E-state index contributed by atoms with van der Waals surface area (Å²) >= 11 is 0. The second-order valence-corrected chi connectivity index (χ2v) is 10.1. The molecule has 0 aromatic heterocycles. The number of anilines is 2. The van der Waals surface area contributed by atoms with Gasteiger partial charge in [-0.3, -0.25) is 14.1 Å². The Balaban J connectivity index is 1.69. The van der Waals surface area contributed by atoms with E-state index in [9.17, 15) is 33.1 Å². The second kappa shape index (κ2) is 9.54. The minimum atomic E-state index is -4.62. The number of aryl methyl sites for hydroxylation is 1. The first-order chi connectivity index (χ1) is 18.6. The van der Waals surface area contributed by atoms with Crippen LogP contribution < -0.4 is 10.1 Å². The van der Waals surface area contributed by atoms with E-state index in [0.717, 1.165) is 0 Å². The first-order valence-corrected chi connectivity index (χ1v) is 12.9. The Morgan fingerprint density at radius 1 is 0.795 bits per heavy atom. The standard InChI is InChI=1S/C29H17N3O6S/c1-16-6-9-22(25(12-16)39(35,36)37)32-23-10-11-24(38-19-8-7-17(14-30)18(13-19)15-31)27-26(23)28(33)20-4-2-3-5-21(20)29(27)34/h2-13,32H,1H3,(H,35,36,37). The van der Waals surface area contributed by atoms with Crippen molar-refractivity contribution < 1.29 is 27.3 Å². The van der Waals surface area contributed by atoms with Gasteiger partial charge in [0.05, 0.1) is 33.6 Å². The quantitative estimate of drug-likeness (QED) is 0.285. The van der Waals surface area contributed by atoms with Crippen molar-refractivity contribution in [3.8, 4) is 23.6 Å². The average molecular weight is 536 g/mol. The highest BCUT2D eigenvalue weighted by Crippen LogP contribution is 2.41. The van der Waals surface area contributed by atoms with Crippen LogP contribution in [0.15, 0.2) is 77.7 Å². The molecule has 1 aliphatic rings. The van der Waals surface area contributed by atoms with Crippen molar-refractivity contribution in [2.24, 2.45) is 0 Å².